The molecule has 1 spiro atoms. The van der Waals surface area contributed by atoms with Gasteiger partial charge in [0.1, 0.15) is 0 Å². The first-order valence-electron chi connectivity index (χ1n) is 9.44. The van der Waals surface area contributed by atoms with Crippen molar-refractivity contribution in [1.29, 1.82) is 0 Å². The van der Waals surface area contributed by atoms with Gasteiger partial charge in [-0.05, 0) is 32.6 Å². The van der Waals surface area contributed by atoms with Gasteiger partial charge in [0.2, 0.25) is 0 Å². The number of aliphatic hydroxyl groups excluding tert-OH is 1. The number of hydrogen-bond acceptors (Lipinski definition) is 4. The molecule has 0 amide bonds. The Bertz CT molecular complexity index is 523. The molecule has 3 fully saturated rings. The molecule has 1 saturated heterocycles. The second-order valence-corrected chi connectivity index (χ2v) is 9.63. The minimum atomic E-state index is -3.40. The van der Waals surface area contributed by atoms with Crippen molar-refractivity contribution in [1.82, 2.24) is 8.61 Å². The summed E-state index contributed by atoms with van der Waals surface area (Å²) in [6.07, 6.45) is 7.19. The lowest BCUT2D eigenvalue weighted by molar-refractivity contribution is -0.206. The number of nitrogens with zero attached hydrogens (tertiary/aromatic N) is 2. The Morgan fingerprint density at radius 3 is 2.38 bits per heavy atom. The molecule has 0 aromatic rings. The third-order valence-corrected chi connectivity index (χ3v) is 8.59. The van der Waals surface area contributed by atoms with Crippen LogP contribution in [0.5, 0.6) is 0 Å². The summed E-state index contributed by atoms with van der Waals surface area (Å²) in [4.78, 5) is 0. The van der Waals surface area contributed by atoms with Crippen molar-refractivity contribution in [2.24, 2.45) is 5.41 Å². The molecule has 0 aromatic carbocycles. The second kappa shape index (κ2) is 7.19. The van der Waals surface area contributed by atoms with Gasteiger partial charge in [-0.3, -0.25) is 0 Å². The van der Waals surface area contributed by atoms with Crippen LogP contribution in [0.3, 0.4) is 0 Å². The van der Waals surface area contributed by atoms with E-state index in [0.717, 1.165) is 25.7 Å². The van der Waals surface area contributed by atoms with Gasteiger partial charge in [0, 0.05) is 44.6 Å². The van der Waals surface area contributed by atoms with Crippen LogP contribution in [-0.4, -0.2) is 67.1 Å². The van der Waals surface area contributed by atoms with Gasteiger partial charge in [-0.25, -0.2) is 0 Å². The number of piperidine rings is 1. The van der Waals surface area contributed by atoms with Crippen LogP contribution in [0.15, 0.2) is 0 Å². The van der Waals surface area contributed by atoms with Crippen molar-refractivity contribution >= 4 is 10.2 Å². The van der Waals surface area contributed by atoms with Gasteiger partial charge in [-0.1, -0.05) is 19.3 Å². The molecule has 1 aliphatic heterocycles. The standard InChI is InChI=1S/C17H32N2O4S/c1-3-23-16-13-15(20)17(16)9-11-19(12-10-17)24(21,22)18(2)14-7-5-4-6-8-14/h14-16,20H,3-13H2,1-2H3/t15-,16+/m1/s1. The van der Waals surface area contributed by atoms with E-state index in [1.54, 1.807) is 15.7 Å². The molecule has 1 N–H and O–H groups in total. The van der Waals surface area contributed by atoms with Gasteiger partial charge >= 0.3 is 0 Å². The first-order chi connectivity index (χ1) is 11.4. The summed E-state index contributed by atoms with van der Waals surface area (Å²) in [5, 5.41) is 10.3. The van der Waals surface area contributed by atoms with Gasteiger partial charge in [0.25, 0.3) is 10.2 Å². The Hall–Kier alpha value is -0.210. The molecule has 3 aliphatic rings. The number of aliphatic hydroxyl groups is 1. The van der Waals surface area contributed by atoms with Crippen molar-refractivity contribution in [2.75, 3.05) is 26.7 Å². The molecule has 3 rings (SSSR count). The van der Waals surface area contributed by atoms with Gasteiger partial charge in [-0.15, -0.1) is 0 Å². The molecule has 1 heterocycles. The van der Waals surface area contributed by atoms with E-state index in [-0.39, 0.29) is 23.7 Å². The van der Waals surface area contributed by atoms with Crippen molar-refractivity contribution < 1.29 is 18.3 Å². The summed E-state index contributed by atoms with van der Waals surface area (Å²) in [5.74, 6) is 0. The lowest BCUT2D eigenvalue weighted by Gasteiger charge is -2.56. The normalized spacial score (nSPS) is 32.2. The van der Waals surface area contributed by atoms with Crippen LogP contribution in [0.4, 0.5) is 0 Å². The molecule has 6 nitrogen and oxygen atoms in total. The zero-order chi connectivity index (χ0) is 17.4. The lowest BCUT2D eigenvalue weighted by Crippen LogP contribution is -2.63. The third kappa shape index (κ3) is 3.14. The minimum Gasteiger partial charge on any atom is -0.392 e. The first kappa shape index (κ1) is 18.6. The van der Waals surface area contributed by atoms with Crippen molar-refractivity contribution in [3.63, 3.8) is 0 Å². The SMILES string of the molecule is CCO[C@H]1C[C@@H](O)C12CCN(S(=O)(=O)N(C)C1CCCCC1)CC2. The van der Waals surface area contributed by atoms with E-state index in [0.29, 0.717) is 39.0 Å². The summed E-state index contributed by atoms with van der Waals surface area (Å²) in [6.45, 7) is 3.59. The molecule has 0 unspecified atom stereocenters. The van der Waals surface area contributed by atoms with Crippen molar-refractivity contribution in [2.45, 2.75) is 76.5 Å². The van der Waals surface area contributed by atoms with Crippen LogP contribution in [0.2, 0.25) is 0 Å². The highest BCUT2D eigenvalue weighted by Gasteiger charge is 2.57. The highest BCUT2D eigenvalue weighted by atomic mass is 32.2. The molecule has 7 heteroatoms. The Morgan fingerprint density at radius 1 is 1.21 bits per heavy atom. The fourth-order valence-corrected chi connectivity index (χ4v) is 6.36. The van der Waals surface area contributed by atoms with Crippen LogP contribution in [0.25, 0.3) is 0 Å². The zero-order valence-corrected chi connectivity index (χ0v) is 15.8. The topological polar surface area (TPSA) is 70.1 Å². The number of hydrogen-bond donors (Lipinski definition) is 1. The van der Waals surface area contributed by atoms with Gasteiger partial charge in [-0.2, -0.15) is 17.0 Å². The van der Waals surface area contributed by atoms with Gasteiger partial charge < -0.3 is 9.84 Å². The van der Waals surface area contributed by atoms with Crippen LogP contribution in [-0.2, 0) is 14.9 Å². The molecule has 0 radical (unpaired) electrons. The number of rotatable bonds is 5. The maximum atomic E-state index is 12.9. The van der Waals surface area contributed by atoms with E-state index in [1.807, 2.05) is 6.92 Å². The maximum Gasteiger partial charge on any atom is 0.281 e. The van der Waals surface area contributed by atoms with E-state index in [4.69, 9.17) is 4.74 Å². The maximum absolute atomic E-state index is 12.9. The molecular formula is C17H32N2O4S. The molecule has 2 atom stereocenters. The van der Waals surface area contributed by atoms with Crippen LogP contribution in [0, 0.1) is 5.41 Å². The molecule has 24 heavy (non-hydrogen) atoms. The molecule has 0 aromatic heterocycles. The Balaban J connectivity index is 1.63. The second-order valence-electron chi connectivity index (χ2n) is 7.64. The average molecular weight is 361 g/mol. The quantitative estimate of drug-likeness (QED) is 0.811. The van der Waals surface area contributed by atoms with E-state index in [2.05, 4.69) is 0 Å². The first-order valence-corrected chi connectivity index (χ1v) is 10.8. The largest absolute Gasteiger partial charge is 0.392 e. The Labute approximate surface area is 146 Å². The Kier molecular flexibility index (Phi) is 5.57. The van der Waals surface area contributed by atoms with Crippen LogP contribution in [0.1, 0.15) is 58.3 Å². The summed E-state index contributed by atoms with van der Waals surface area (Å²) in [5.41, 5.74) is -0.231. The summed E-state index contributed by atoms with van der Waals surface area (Å²) >= 11 is 0. The van der Waals surface area contributed by atoms with E-state index < -0.39 is 10.2 Å². The highest BCUT2D eigenvalue weighted by Crippen LogP contribution is 2.51. The molecule has 2 saturated carbocycles. The highest BCUT2D eigenvalue weighted by molar-refractivity contribution is 7.86. The van der Waals surface area contributed by atoms with Crippen molar-refractivity contribution in [3.8, 4) is 0 Å². The molecule has 0 bridgehead atoms. The third-order valence-electron chi connectivity index (χ3n) is 6.54. The lowest BCUT2D eigenvalue weighted by atomic mass is 9.58. The van der Waals surface area contributed by atoms with E-state index in [1.165, 1.54) is 6.42 Å². The molecule has 140 valence electrons. The van der Waals surface area contributed by atoms with E-state index >= 15 is 0 Å². The monoisotopic (exact) mass is 360 g/mol. The number of ether oxygens (including phenoxy) is 1. The van der Waals surface area contributed by atoms with Crippen LogP contribution < -0.4 is 0 Å². The van der Waals surface area contributed by atoms with E-state index in [9.17, 15) is 13.5 Å². The van der Waals surface area contributed by atoms with Crippen LogP contribution >= 0.6 is 0 Å². The summed E-state index contributed by atoms with van der Waals surface area (Å²) in [7, 11) is -1.67. The minimum absolute atomic E-state index is 0.0819. The Morgan fingerprint density at radius 2 is 1.83 bits per heavy atom. The van der Waals surface area contributed by atoms with Crippen molar-refractivity contribution in [3.05, 3.63) is 0 Å². The average Bonchev–Trinajstić information content (AvgIpc) is 2.61. The predicted octanol–water partition coefficient (Wildman–Crippen LogP) is 1.75. The fourth-order valence-electron chi connectivity index (χ4n) is 4.77. The van der Waals surface area contributed by atoms with Gasteiger partial charge in [0.15, 0.2) is 0 Å². The zero-order valence-electron chi connectivity index (χ0n) is 15.0. The fraction of sp³-hybridized carbons (Fsp3) is 1.00. The molecular weight excluding hydrogens is 328 g/mol. The smallest absolute Gasteiger partial charge is 0.281 e. The predicted molar refractivity (Wildman–Crippen MR) is 92.8 cm³/mol. The summed E-state index contributed by atoms with van der Waals surface area (Å²) in [6, 6.07) is 0.144. The summed E-state index contributed by atoms with van der Waals surface area (Å²) < 4.78 is 34.9. The molecule has 2 aliphatic carbocycles. The van der Waals surface area contributed by atoms with Gasteiger partial charge in [0.05, 0.1) is 12.2 Å².